The van der Waals surface area contributed by atoms with E-state index in [1.807, 2.05) is 37.3 Å². The van der Waals surface area contributed by atoms with Gasteiger partial charge in [-0.2, -0.15) is 8.61 Å². The maximum Gasteiger partial charge on any atom is 0.243 e. The van der Waals surface area contributed by atoms with Gasteiger partial charge in [0.25, 0.3) is 0 Å². The topological polar surface area (TPSA) is 74.8 Å². The first kappa shape index (κ1) is 23.4. The fourth-order valence-corrected chi connectivity index (χ4v) is 8.22. The Morgan fingerprint density at radius 2 is 1.41 bits per heavy atom. The van der Waals surface area contributed by atoms with E-state index in [2.05, 4.69) is 0 Å². The molecule has 6 nitrogen and oxygen atoms in total. The van der Waals surface area contributed by atoms with E-state index >= 15 is 0 Å². The quantitative estimate of drug-likeness (QED) is 0.594. The molecule has 1 saturated heterocycles. The predicted molar refractivity (Wildman–Crippen MR) is 125 cm³/mol. The van der Waals surface area contributed by atoms with Gasteiger partial charge in [-0.3, -0.25) is 0 Å². The molecule has 2 aromatic rings. The van der Waals surface area contributed by atoms with E-state index < -0.39 is 20.0 Å². The smallest absolute Gasteiger partial charge is 0.207 e. The molecule has 32 heavy (non-hydrogen) atoms. The Bertz CT molecular complexity index is 1110. The third-order valence-electron chi connectivity index (χ3n) is 6.69. The zero-order chi connectivity index (χ0) is 22.8. The Kier molecular flexibility index (Phi) is 7.05. The average molecular weight is 477 g/mol. The summed E-state index contributed by atoms with van der Waals surface area (Å²) in [5.74, 6) is 0. The maximum absolute atomic E-state index is 13.6. The van der Waals surface area contributed by atoms with E-state index in [1.54, 1.807) is 8.61 Å². The van der Waals surface area contributed by atoms with Gasteiger partial charge in [-0.05, 0) is 62.4 Å². The van der Waals surface area contributed by atoms with Crippen molar-refractivity contribution in [2.75, 3.05) is 6.54 Å². The van der Waals surface area contributed by atoms with Crippen molar-refractivity contribution in [3.8, 4) is 0 Å². The summed E-state index contributed by atoms with van der Waals surface area (Å²) in [7, 11) is -7.39. The van der Waals surface area contributed by atoms with Crippen LogP contribution in [0.1, 0.15) is 57.4 Å². The summed E-state index contributed by atoms with van der Waals surface area (Å²) < 4.78 is 56.6. The van der Waals surface area contributed by atoms with Crippen LogP contribution < -0.4 is 0 Å². The highest BCUT2D eigenvalue weighted by Gasteiger charge is 2.35. The summed E-state index contributed by atoms with van der Waals surface area (Å²) >= 11 is 0. The molecule has 4 rings (SSSR count). The molecule has 0 radical (unpaired) electrons. The highest BCUT2D eigenvalue weighted by Crippen LogP contribution is 2.31. The minimum atomic E-state index is -3.76. The van der Waals surface area contributed by atoms with Gasteiger partial charge in [-0.25, -0.2) is 16.8 Å². The summed E-state index contributed by atoms with van der Waals surface area (Å²) in [5, 5.41) is 0. The molecule has 2 aromatic carbocycles. The van der Waals surface area contributed by atoms with Crippen LogP contribution in [0.3, 0.4) is 0 Å². The van der Waals surface area contributed by atoms with Crippen molar-refractivity contribution in [1.29, 1.82) is 0 Å². The minimum absolute atomic E-state index is 0.0298. The lowest BCUT2D eigenvalue weighted by Crippen LogP contribution is -2.42. The summed E-state index contributed by atoms with van der Waals surface area (Å²) in [4.78, 5) is 0.298. The van der Waals surface area contributed by atoms with Gasteiger partial charge in [0.2, 0.25) is 20.0 Å². The number of benzene rings is 2. The van der Waals surface area contributed by atoms with Crippen LogP contribution in [-0.2, 0) is 26.6 Å². The number of hydrogen-bond acceptors (Lipinski definition) is 4. The van der Waals surface area contributed by atoms with Crippen molar-refractivity contribution in [3.05, 3.63) is 60.2 Å². The zero-order valence-corrected chi connectivity index (χ0v) is 20.2. The predicted octanol–water partition coefficient (Wildman–Crippen LogP) is 4.38. The van der Waals surface area contributed by atoms with E-state index in [-0.39, 0.29) is 21.9 Å². The van der Waals surface area contributed by atoms with Crippen molar-refractivity contribution in [2.45, 2.75) is 80.3 Å². The summed E-state index contributed by atoms with van der Waals surface area (Å²) in [5.41, 5.74) is 0.946. The lowest BCUT2D eigenvalue weighted by molar-refractivity contribution is 0.268. The van der Waals surface area contributed by atoms with Gasteiger partial charge in [0.05, 0.1) is 9.79 Å². The lowest BCUT2D eigenvalue weighted by Gasteiger charge is -2.32. The van der Waals surface area contributed by atoms with E-state index in [0.29, 0.717) is 13.1 Å². The van der Waals surface area contributed by atoms with Crippen LogP contribution in [0.2, 0.25) is 0 Å². The minimum Gasteiger partial charge on any atom is -0.207 e. The molecule has 1 aliphatic carbocycles. The lowest BCUT2D eigenvalue weighted by atomic mass is 10.1. The van der Waals surface area contributed by atoms with Crippen LogP contribution in [-0.4, -0.2) is 44.1 Å². The first-order valence-electron chi connectivity index (χ1n) is 11.5. The normalized spacial score (nSPS) is 21.2. The molecular formula is C24H32N2O4S2. The van der Waals surface area contributed by atoms with Gasteiger partial charge in [-0.1, -0.05) is 49.6 Å². The molecule has 174 valence electrons. The Labute approximate surface area is 192 Å². The molecule has 1 aliphatic heterocycles. The van der Waals surface area contributed by atoms with Crippen molar-refractivity contribution in [2.24, 2.45) is 0 Å². The van der Waals surface area contributed by atoms with Gasteiger partial charge >= 0.3 is 0 Å². The zero-order valence-electron chi connectivity index (χ0n) is 18.6. The molecule has 0 aromatic heterocycles. The van der Waals surface area contributed by atoms with Crippen molar-refractivity contribution >= 4 is 20.0 Å². The molecule has 2 fully saturated rings. The van der Waals surface area contributed by atoms with Crippen molar-refractivity contribution in [3.63, 3.8) is 0 Å². The number of rotatable bonds is 7. The van der Waals surface area contributed by atoms with E-state index in [1.165, 1.54) is 24.3 Å². The third kappa shape index (κ3) is 4.78. The Balaban J connectivity index is 1.62. The van der Waals surface area contributed by atoms with E-state index in [9.17, 15) is 16.8 Å². The van der Waals surface area contributed by atoms with Crippen LogP contribution >= 0.6 is 0 Å². The Hall–Kier alpha value is -1.74. The molecule has 8 heteroatoms. The summed E-state index contributed by atoms with van der Waals surface area (Å²) in [6.07, 6.45) is 6.49. The molecular weight excluding hydrogens is 444 g/mol. The highest BCUT2D eigenvalue weighted by molar-refractivity contribution is 7.89. The van der Waals surface area contributed by atoms with Gasteiger partial charge in [0.15, 0.2) is 0 Å². The van der Waals surface area contributed by atoms with Gasteiger partial charge in [-0.15, -0.1) is 0 Å². The second kappa shape index (κ2) is 9.63. The van der Waals surface area contributed by atoms with Gasteiger partial charge in [0, 0.05) is 25.2 Å². The molecule has 2 aliphatic rings. The standard InChI is InChI=1S/C24H32N2O4S2/c1-20-9-7-8-18-25(20)31(27,28)23-14-16-24(17-15-23)32(29,30)26(22-12-5-6-13-22)19-21-10-3-2-4-11-21/h2-4,10-11,14-17,20,22H,5-9,12-13,18-19H2,1H3/t20-/m1/s1. The fraction of sp³-hybridized carbons (Fsp3) is 0.500. The SMILES string of the molecule is C[C@@H]1CCCCN1S(=O)(=O)c1ccc(S(=O)(=O)N(Cc2ccccc2)C2CCCC2)cc1. The first-order valence-corrected chi connectivity index (χ1v) is 14.4. The summed E-state index contributed by atoms with van der Waals surface area (Å²) in [6.45, 7) is 2.76. The molecule has 1 saturated carbocycles. The summed E-state index contributed by atoms with van der Waals surface area (Å²) in [6, 6.07) is 15.3. The fourth-order valence-electron chi connectivity index (χ4n) is 4.85. The maximum atomic E-state index is 13.6. The first-order chi connectivity index (χ1) is 15.3. The number of sulfonamides is 2. The van der Waals surface area contributed by atoms with Crippen molar-refractivity contribution < 1.29 is 16.8 Å². The van der Waals surface area contributed by atoms with Crippen molar-refractivity contribution in [1.82, 2.24) is 8.61 Å². The van der Waals surface area contributed by atoms with Gasteiger partial charge in [0.1, 0.15) is 0 Å². The van der Waals surface area contributed by atoms with E-state index in [4.69, 9.17) is 0 Å². The highest BCUT2D eigenvalue weighted by atomic mass is 32.2. The monoisotopic (exact) mass is 476 g/mol. The largest absolute Gasteiger partial charge is 0.243 e. The third-order valence-corrected chi connectivity index (χ3v) is 10.6. The second-order valence-electron chi connectivity index (χ2n) is 8.91. The van der Waals surface area contributed by atoms with Crippen LogP contribution in [0.5, 0.6) is 0 Å². The number of hydrogen-bond donors (Lipinski definition) is 0. The number of piperidine rings is 1. The van der Waals surface area contributed by atoms with Crippen LogP contribution in [0, 0.1) is 0 Å². The van der Waals surface area contributed by atoms with E-state index in [0.717, 1.165) is 50.5 Å². The molecule has 0 spiro atoms. The molecule has 1 heterocycles. The molecule has 0 N–H and O–H groups in total. The Morgan fingerprint density at radius 3 is 2.03 bits per heavy atom. The van der Waals surface area contributed by atoms with Crippen LogP contribution in [0.15, 0.2) is 64.4 Å². The van der Waals surface area contributed by atoms with Crippen LogP contribution in [0.25, 0.3) is 0 Å². The molecule has 0 unspecified atom stereocenters. The second-order valence-corrected chi connectivity index (χ2v) is 12.7. The number of nitrogens with zero attached hydrogens (tertiary/aromatic N) is 2. The van der Waals surface area contributed by atoms with Gasteiger partial charge < -0.3 is 0 Å². The van der Waals surface area contributed by atoms with Crippen LogP contribution in [0.4, 0.5) is 0 Å². The average Bonchev–Trinajstić information content (AvgIpc) is 3.33. The molecule has 0 amide bonds. The Morgan fingerprint density at radius 1 is 0.812 bits per heavy atom. The molecule has 0 bridgehead atoms. The molecule has 1 atom stereocenters.